The number of aryl methyl sites for hydroxylation is 1. The summed E-state index contributed by atoms with van der Waals surface area (Å²) in [4.78, 5) is 0. The molecule has 0 saturated carbocycles. The van der Waals surface area contributed by atoms with E-state index in [0.717, 1.165) is 10.2 Å². The minimum Gasteiger partial charge on any atom is -0.391 e. The molecule has 2 N–H and O–H groups in total. The van der Waals surface area contributed by atoms with Crippen LogP contribution in [0.5, 0.6) is 0 Å². The first-order chi connectivity index (χ1) is 6.50. The minimum absolute atomic E-state index is 0.0647. The Labute approximate surface area is 93.5 Å². The SMILES string of the molecule is Cc1cc(Br)ccc1NC(C)C(C)O. The summed E-state index contributed by atoms with van der Waals surface area (Å²) >= 11 is 3.41. The van der Waals surface area contributed by atoms with Crippen LogP contribution < -0.4 is 5.32 Å². The maximum Gasteiger partial charge on any atom is 0.0710 e. The van der Waals surface area contributed by atoms with Gasteiger partial charge in [-0.3, -0.25) is 0 Å². The lowest BCUT2D eigenvalue weighted by Gasteiger charge is -2.19. The average molecular weight is 258 g/mol. The average Bonchev–Trinajstić information content (AvgIpc) is 2.09. The summed E-state index contributed by atoms with van der Waals surface area (Å²) in [6.45, 7) is 5.79. The first-order valence-corrected chi connectivity index (χ1v) is 5.50. The summed E-state index contributed by atoms with van der Waals surface area (Å²) in [5.41, 5.74) is 2.24. The van der Waals surface area contributed by atoms with Crippen molar-refractivity contribution in [3.05, 3.63) is 28.2 Å². The van der Waals surface area contributed by atoms with E-state index in [1.54, 1.807) is 6.92 Å². The molecule has 78 valence electrons. The minimum atomic E-state index is -0.349. The van der Waals surface area contributed by atoms with Gasteiger partial charge >= 0.3 is 0 Å². The predicted octanol–water partition coefficient (Wildman–Crippen LogP) is 2.94. The molecule has 0 aromatic heterocycles. The van der Waals surface area contributed by atoms with Crippen LogP contribution in [0, 0.1) is 6.92 Å². The largest absolute Gasteiger partial charge is 0.391 e. The monoisotopic (exact) mass is 257 g/mol. The predicted molar refractivity (Wildman–Crippen MR) is 63.6 cm³/mol. The van der Waals surface area contributed by atoms with E-state index in [0.29, 0.717) is 0 Å². The highest BCUT2D eigenvalue weighted by molar-refractivity contribution is 9.10. The van der Waals surface area contributed by atoms with Crippen LogP contribution in [0.25, 0.3) is 0 Å². The van der Waals surface area contributed by atoms with E-state index in [1.165, 1.54) is 5.56 Å². The van der Waals surface area contributed by atoms with Gasteiger partial charge in [0, 0.05) is 16.2 Å². The molecule has 1 aromatic carbocycles. The molecule has 0 aliphatic rings. The summed E-state index contributed by atoms with van der Waals surface area (Å²) in [6.07, 6.45) is -0.349. The van der Waals surface area contributed by atoms with Gasteiger partial charge in [-0.05, 0) is 44.5 Å². The van der Waals surface area contributed by atoms with E-state index in [2.05, 4.69) is 27.3 Å². The molecule has 0 bridgehead atoms. The molecular weight excluding hydrogens is 242 g/mol. The molecule has 2 atom stereocenters. The van der Waals surface area contributed by atoms with Crippen LogP contribution in [-0.2, 0) is 0 Å². The first-order valence-electron chi connectivity index (χ1n) is 4.71. The fourth-order valence-corrected chi connectivity index (χ4v) is 1.63. The molecule has 14 heavy (non-hydrogen) atoms. The van der Waals surface area contributed by atoms with E-state index in [1.807, 2.05) is 26.0 Å². The Morgan fingerprint density at radius 3 is 2.50 bits per heavy atom. The third-order valence-corrected chi connectivity index (χ3v) is 2.79. The standard InChI is InChI=1S/C11H16BrNO/c1-7-6-10(12)4-5-11(7)13-8(2)9(3)14/h4-6,8-9,13-14H,1-3H3. The van der Waals surface area contributed by atoms with Gasteiger partial charge in [-0.2, -0.15) is 0 Å². The van der Waals surface area contributed by atoms with Gasteiger partial charge in [0.1, 0.15) is 0 Å². The lowest BCUT2D eigenvalue weighted by atomic mass is 10.1. The second-order valence-corrected chi connectivity index (χ2v) is 4.55. The van der Waals surface area contributed by atoms with Gasteiger partial charge in [0.05, 0.1) is 6.10 Å². The van der Waals surface area contributed by atoms with Gasteiger partial charge in [-0.25, -0.2) is 0 Å². The van der Waals surface area contributed by atoms with E-state index in [9.17, 15) is 5.11 Å². The number of hydrogen-bond donors (Lipinski definition) is 2. The summed E-state index contributed by atoms with van der Waals surface area (Å²) in [5, 5.41) is 12.6. The maximum atomic E-state index is 9.36. The normalized spacial score (nSPS) is 14.9. The van der Waals surface area contributed by atoms with Gasteiger partial charge in [0.2, 0.25) is 0 Å². The molecule has 2 nitrogen and oxygen atoms in total. The summed E-state index contributed by atoms with van der Waals surface area (Å²) < 4.78 is 1.07. The van der Waals surface area contributed by atoms with Crippen LogP contribution in [0.2, 0.25) is 0 Å². The Hall–Kier alpha value is -0.540. The van der Waals surface area contributed by atoms with Gasteiger partial charge < -0.3 is 10.4 Å². The number of halogens is 1. The second kappa shape index (κ2) is 4.80. The van der Waals surface area contributed by atoms with Crippen molar-refractivity contribution in [2.45, 2.75) is 32.9 Å². The van der Waals surface area contributed by atoms with Gasteiger partial charge in [-0.1, -0.05) is 15.9 Å². The van der Waals surface area contributed by atoms with Gasteiger partial charge in [-0.15, -0.1) is 0 Å². The molecule has 0 amide bonds. The van der Waals surface area contributed by atoms with Gasteiger partial charge in [0.25, 0.3) is 0 Å². The molecule has 1 aromatic rings. The summed E-state index contributed by atoms with van der Waals surface area (Å²) in [5.74, 6) is 0. The Bertz CT molecular complexity index is 312. The smallest absolute Gasteiger partial charge is 0.0710 e. The first kappa shape index (κ1) is 11.5. The molecule has 0 spiro atoms. The molecule has 0 saturated heterocycles. The summed E-state index contributed by atoms with van der Waals surface area (Å²) in [6, 6.07) is 6.12. The molecule has 0 radical (unpaired) electrons. The van der Waals surface area contributed by atoms with E-state index >= 15 is 0 Å². The zero-order chi connectivity index (χ0) is 10.7. The topological polar surface area (TPSA) is 32.3 Å². The molecule has 2 unspecified atom stereocenters. The molecule has 3 heteroatoms. The van der Waals surface area contributed by atoms with Crippen molar-refractivity contribution >= 4 is 21.6 Å². The number of anilines is 1. The number of hydrogen-bond acceptors (Lipinski definition) is 2. The van der Waals surface area contributed by atoms with Crippen molar-refractivity contribution < 1.29 is 5.11 Å². The van der Waals surface area contributed by atoms with E-state index in [4.69, 9.17) is 0 Å². The highest BCUT2D eigenvalue weighted by atomic mass is 79.9. The Morgan fingerprint density at radius 2 is 2.00 bits per heavy atom. The highest BCUT2D eigenvalue weighted by Crippen LogP contribution is 2.20. The number of rotatable bonds is 3. The zero-order valence-corrected chi connectivity index (χ0v) is 10.3. The summed E-state index contributed by atoms with van der Waals surface area (Å²) in [7, 11) is 0. The third-order valence-electron chi connectivity index (χ3n) is 2.30. The fraction of sp³-hybridized carbons (Fsp3) is 0.455. The third kappa shape index (κ3) is 3.00. The van der Waals surface area contributed by atoms with Crippen molar-refractivity contribution in [1.82, 2.24) is 0 Å². The molecular formula is C11H16BrNO. The van der Waals surface area contributed by atoms with E-state index < -0.39 is 0 Å². The van der Waals surface area contributed by atoms with Crippen LogP contribution in [-0.4, -0.2) is 17.3 Å². The van der Waals surface area contributed by atoms with Crippen LogP contribution >= 0.6 is 15.9 Å². The Balaban J connectivity index is 2.77. The maximum absolute atomic E-state index is 9.36. The highest BCUT2D eigenvalue weighted by Gasteiger charge is 2.09. The van der Waals surface area contributed by atoms with Crippen molar-refractivity contribution in [2.75, 3.05) is 5.32 Å². The quantitative estimate of drug-likeness (QED) is 0.873. The Morgan fingerprint density at radius 1 is 1.36 bits per heavy atom. The molecule has 0 fully saturated rings. The van der Waals surface area contributed by atoms with Crippen LogP contribution in [0.15, 0.2) is 22.7 Å². The molecule has 0 aliphatic heterocycles. The molecule has 0 heterocycles. The number of nitrogens with one attached hydrogen (secondary N) is 1. The lowest BCUT2D eigenvalue weighted by molar-refractivity contribution is 0.178. The van der Waals surface area contributed by atoms with Crippen molar-refractivity contribution in [1.29, 1.82) is 0 Å². The van der Waals surface area contributed by atoms with Crippen LogP contribution in [0.4, 0.5) is 5.69 Å². The number of aliphatic hydroxyl groups is 1. The number of aliphatic hydroxyl groups excluding tert-OH is 1. The zero-order valence-electron chi connectivity index (χ0n) is 8.71. The lowest BCUT2D eigenvalue weighted by Crippen LogP contribution is -2.28. The number of benzene rings is 1. The molecule has 0 aliphatic carbocycles. The second-order valence-electron chi connectivity index (χ2n) is 3.63. The van der Waals surface area contributed by atoms with Gasteiger partial charge in [0.15, 0.2) is 0 Å². The molecule has 1 rings (SSSR count). The van der Waals surface area contributed by atoms with E-state index in [-0.39, 0.29) is 12.1 Å². The van der Waals surface area contributed by atoms with Crippen LogP contribution in [0.1, 0.15) is 19.4 Å². The van der Waals surface area contributed by atoms with Crippen molar-refractivity contribution in [3.8, 4) is 0 Å². The van der Waals surface area contributed by atoms with Crippen LogP contribution in [0.3, 0.4) is 0 Å². The Kier molecular flexibility index (Phi) is 3.96. The van der Waals surface area contributed by atoms with Crippen molar-refractivity contribution in [2.24, 2.45) is 0 Å². The van der Waals surface area contributed by atoms with Crippen molar-refractivity contribution in [3.63, 3.8) is 0 Å². The fourth-order valence-electron chi connectivity index (χ4n) is 1.15.